The number of nitrogens with zero attached hydrogens (tertiary/aromatic N) is 1. The van der Waals surface area contributed by atoms with Crippen molar-refractivity contribution in [2.75, 3.05) is 0 Å². The number of hydrogen-bond donors (Lipinski definition) is 0. The Morgan fingerprint density at radius 3 is 2.50 bits per heavy atom. The minimum atomic E-state index is -4.11. The van der Waals surface area contributed by atoms with Crippen molar-refractivity contribution >= 4 is 5.78 Å². The summed E-state index contributed by atoms with van der Waals surface area (Å²) in [7, 11) is 0. The normalized spacial score (nSPS) is 34.6. The first-order chi connectivity index (χ1) is 9.99. The quantitative estimate of drug-likeness (QED) is 0.645. The van der Waals surface area contributed by atoms with E-state index in [1.54, 1.807) is 6.08 Å². The second kappa shape index (κ2) is 5.40. The van der Waals surface area contributed by atoms with Crippen LogP contribution in [-0.4, -0.2) is 12.0 Å². The number of ketones is 1. The largest absolute Gasteiger partial charge is 0.389 e. The van der Waals surface area contributed by atoms with E-state index >= 15 is 0 Å². The summed E-state index contributed by atoms with van der Waals surface area (Å²) in [6.07, 6.45) is -0.881. The topological polar surface area (TPSA) is 21.4 Å². The van der Waals surface area contributed by atoms with E-state index in [1.165, 1.54) is 0 Å². The van der Waals surface area contributed by atoms with E-state index in [1.807, 2.05) is 20.8 Å². The van der Waals surface area contributed by atoms with Gasteiger partial charge >= 0.3 is 6.18 Å². The molecule has 0 aromatic carbocycles. The van der Waals surface area contributed by atoms with Gasteiger partial charge in [0, 0.05) is 11.8 Å². The van der Waals surface area contributed by atoms with Crippen LogP contribution >= 0.6 is 0 Å². The smallest absolute Gasteiger partial charge is 0.307 e. The number of alkyl halides is 3. The molecule has 22 heavy (non-hydrogen) atoms. The van der Waals surface area contributed by atoms with Gasteiger partial charge in [0.25, 0.3) is 0 Å². The lowest BCUT2D eigenvalue weighted by molar-refractivity contribution is -0.140. The maximum Gasteiger partial charge on any atom is 0.389 e. The van der Waals surface area contributed by atoms with Gasteiger partial charge in [-0.2, -0.15) is 13.2 Å². The number of Topliss-reactive ketones (excluding diaryl/α,β-unsaturated/α-hetero) is 1. The average molecular weight is 313 g/mol. The molecular formula is C17H22F3NO. The van der Waals surface area contributed by atoms with Crippen LogP contribution in [-0.2, 0) is 4.79 Å². The van der Waals surface area contributed by atoms with Crippen LogP contribution in [0.5, 0.6) is 0 Å². The predicted octanol–water partition coefficient (Wildman–Crippen LogP) is 5.16. The van der Waals surface area contributed by atoms with Crippen LogP contribution in [0.4, 0.5) is 13.2 Å². The van der Waals surface area contributed by atoms with Crippen molar-refractivity contribution in [1.29, 1.82) is 0 Å². The van der Waals surface area contributed by atoms with Gasteiger partial charge in [0.1, 0.15) is 0 Å². The Balaban J connectivity index is 2.23. The van der Waals surface area contributed by atoms with Crippen LogP contribution in [0.1, 0.15) is 52.9 Å². The molecule has 3 atom stereocenters. The summed E-state index contributed by atoms with van der Waals surface area (Å²) in [5.41, 5.74) is -0.815. The second-order valence-electron chi connectivity index (χ2n) is 7.55. The molecule has 122 valence electrons. The van der Waals surface area contributed by atoms with Gasteiger partial charge in [-0.05, 0) is 36.5 Å². The van der Waals surface area contributed by atoms with Gasteiger partial charge in [-0.25, -0.2) is 4.85 Å². The lowest BCUT2D eigenvalue weighted by Crippen LogP contribution is -2.49. The Hall–Kier alpha value is -1.31. The molecule has 1 fully saturated rings. The van der Waals surface area contributed by atoms with E-state index in [0.29, 0.717) is 6.42 Å². The van der Waals surface area contributed by atoms with Gasteiger partial charge in [-0.1, -0.05) is 33.3 Å². The molecule has 2 aliphatic rings. The van der Waals surface area contributed by atoms with Crippen molar-refractivity contribution in [2.24, 2.45) is 22.7 Å². The fourth-order valence-electron chi connectivity index (χ4n) is 4.51. The molecule has 0 radical (unpaired) electrons. The molecule has 0 spiro atoms. The highest BCUT2D eigenvalue weighted by Gasteiger charge is 2.53. The third kappa shape index (κ3) is 3.06. The first kappa shape index (κ1) is 17.1. The van der Waals surface area contributed by atoms with Gasteiger partial charge in [0.2, 0.25) is 5.70 Å². The van der Waals surface area contributed by atoms with Crippen molar-refractivity contribution in [1.82, 2.24) is 0 Å². The fraction of sp³-hybridized carbons (Fsp3) is 0.765. The first-order valence-electron chi connectivity index (χ1n) is 7.71. The number of fused-ring (bicyclic) bond motifs is 1. The molecule has 0 bridgehead atoms. The lowest BCUT2D eigenvalue weighted by atomic mass is 9.51. The first-order valence-corrected chi connectivity index (χ1v) is 7.71. The standard InChI is InChI=1S/C17H22F3NO/c1-15(2)13-6-5-11(7-8-17(18,19)20)9-16(13,3)10-12(21-4)14(15)22/h10-11,13H,5-9H2,1-3H3/t11-,13+,16+/m0/s1. The SMILES string of the molecule is [C-]#[N+]C1=C[C@@]2(C)C[C@H](CCC(F)(F)F)CC[C@@H]2C(C)(C)C1=O. The van der Waals surface area contributed by atoms with Crippen LogP contribution in [0.15, 0.2) is 11.8 Å². The van der Waals surface area contributed by atoms with E-state index < -0.39 is 18.0 Å². The van der Waals surface area contributed by atoms with Crippen LogP contribution < -0.4 is 0 Å². The third-order valence-electron chi connectivity index (χ3n) is 5.50. The third-order valence-corrected chi connectivity index (χ3v) is 5.50. The molecule has 0 unspecified atom stereocenters. The Morgan fingerprint density at radius 1 is 1.32 bits per heavy atom. The van der Waals surface area contributed by atoms with Crippen molar-refractivity contribution in [3.8, 4) is 0 Å². The lowest BCUT2D eigenvalue weighted by Gasteiger charge is -2.52. The highest BCUT2D eigenvalue weighted by atomic mass is 19.4. The van der Waals surface area contributed by atoms with Gasteiger partial charge in [0.15, 0.2) is 5.78 Å². The molecule has 0 N–H and O–H groups in total. The molecular weight excluding hydrogens is 291 g/mol. The van der Waals surface area contributed by atoms with Crippen LogP contribution in [0.2, 0.25) is 0 Å². The van der Waals surface area contributed by atoms with E-state index in [4.69, 9.17) is 6.57 Å². The molecule has 5 heteroatoms. The fourth-order valence-corrected chi connectivity index (χ4v) is 4.51. The highest BCUT2D eigenvalue weighted by Crippen LogP contribution is 2.57. The molecule has 0 aliphatic heterocycles. The number of halogens is 3. The van der Waals surface area contributed by atoms with Crippen LogP contribution in [0.3, 0.4) is 0 Å². The Kier molecular flexibility index (Phi) is 4.18. The average Bonchev–Trinajstić information content (AvgIpc) is 2.39. The van der Waals surface area contributed by atoms with E-state index in [9.17, 15) is 18.0 Å². The summed E-state index contributed by atoms with van der Waals surface area (Å²) < 4.78 is 37.3. The molecule has 0 heterocycles. The number of hydrogen-bond acceptors (Lipinski definition) is 1. The summed E-state index contributed by atoms with van der Waals surface area (Å²) in [5.74, 6) is -0.0195. The van der Waals surface area contributed by atoms with Crippen molar-refractivity contribution in [3.63, 3.8) is 0 Å². The molecule has 0 aromatic heterocycles. The van der Waals surface area contributed by atoms with Crippen LogP contribution in [0, 0.1) is 29.2 Å². The van der Waals surface area contributed by atoms with Gasteiger partial charge in [-0.15, -0.1) is 0 Å². The Bertz CT molecular complexity index is 541. The number of carbonyl (C=O) groups is 1. The summed E-state index contributed by atoms with van der Waals surface area (Å²) in [5, 5.41) is 0. The summed E-state index contributed by atoms with van der Waals surface area (Å²) in [6.45, 7) is 12.9. The zero-order valence-corrected chi connectivity index (χ0v) is 13.3. The summed E-state index contributed by atoms with van der Waals surface area (Å²) >= 11 is 0. The minimum absolute atomic E-state index is 0.00936. The zero-order valence-electron chi connectivity index (χ0n) is 13.3. The molecule has 0 amide bonds. The highest BCUT2D eigenvalue weighted by molar-refractivity contribution is 6.02. The van der Waals surface area contributed by atoms with Gasteiger partial charge in [-0.3, -0.25) is 0 Å². The zero-order chi connectivity index (χ0) is 16.8. The summed E-state index contributed by atoms with van der Waals surface area (Å²) in [4.78, 5) is 15.7. The molecule has 0 saturated heterocycles. The molecule has 1 saturated carbocycles. The maximum atomic E-state index is 12.4. The molecule has 2 aliphatic carbocycles. The van der Waals surface area contributed by atoms with Gasteiger partial charge in [0.05, 0.1) is 6.57 Å². The number of rotatable bonds is 2. The van der Waals surface area contributed by atoms with E-state index in [0.717, 1.165) is 12.8 Å². The van der Waals surface area contributed by atoms with Crippen molar-refractivity contribution in [2.45, 2.75) is 59.1 Å². The van der Waals surface area contributed by atoms with E-state index in [2.05, 4.69) is 4.85 Å². The molecule has 2 nitrogen and oxygen atoms in total. The molecule has 0 aromatic rings. The number of allylic oxidation sites excluding steroid dienone is 2. The second-order valence-corrected chi connectivity index (χ2v) is 7.55. The minimum Gasteiger partial charge on any atom is -0.307 e. The predicted molar refractivity (Wildman–Crippen MR) is 77.7 cm³/mol. The number of carbonyl (C=O) groups excluding carboxylic acids is 1. The monoisotopic (exact) mass is 313 g/mol. The van der Waals surface area contributed by atoms with E-state index in [-0.39, 0.29) is 35.2 Å². The maximum absolute atomic E-state index is 12.4. The van der Waals surface area contributed by atoms with Crippen molar-refractivity contribution in [3.05, 3.63) is 23.2 Å². The molecule has 2 rings (SSSR count). The Morgan fingerprint density at radius 2 is 1.95 bits per heavy atom. The van der Waals surface area contributed by atoms with Gasteiger partial charge < -0.3 is 4.79 Å². The summed E-state index contributed by atoms with van der Waals surface area (Å²) in [6, 6.07) is 0. The van der Waals surface area contributed by atoms with Crippen molar-refractivity contribution < 1.29 is 18.0 Å². The Labute approximate surface area is 129 Å². The van der Waals surface area contributed by atoms with Crippen LogP contribution in [0.25, 0.3) is 4.85 Å².